The second-order valence-electron chi connectivity index (χ2n) is 8.60. The number of carbonyl (C=O) groups excluding carboxylic acids is 1. The summed E-state index contributed by atoms with van der Waals surface area (Å²) in [6, 6.07) is 19.0. The van der Waals surface area contributed by atoms with Crippen molar-refractivity contribution in [2.75, 3.05) is 18.0 Å². The van der Waals surface area contributed by atoms with Crippen molar-refractivity contribution < 1.29 is 14.3 Å². The zero-order chi connectivity index (χ0) is 19.7. The van der Waals surface area contributed by atoms with Gasteiger partial charge in [0.15, 0.2) is 0 Å². The Labute approximate surface area is 166 Å². The Hall–Kier alpha value is -2.69. The molecular formula is C23H28N2O3. The fraction of sp³-hybridized carbons (Fsp3) is 0.435. The van der Waals surface area contributed by atoms with Crippen LogP contribution in [0.15, 0.2) is 54.6 Å². The standard InChI is InChI=1S/C23H28N2O3/c1-23(2,3)28-22(26)25-15-19-13-20(25)14-24(19)18-9-11-21(12-10-18)27-16-17-7-5-4-6-8-17/h4-12,19-20H,13-16H2,1-3H3/t19-,20-/m0/s1. The predicted octanol–water partition coefficient (Wildman–Crippen LogP) is 4.46. The number of rotatable bonds is 4. The molecule has 0 aromatic heterocycles. The summed E-state index contributed by atoms with van der Waals surface area (Å²) in [4.78, 5) is 16.7. The van der Waals surface area contributed by atoms with Crippen LogP contribution in [0.3, 0.4) is 0 Å². The van der Waals surface area contributed by atoms with Crippen molar-refractivity contribution in [2.24, 2.45) is 0 Å². The van der Waals surface area contributed by atoms with Gasteiger partial charge in [-0.1, -0.05) is 30.3 Å². The molecular weight excluding hydrogens is 352 g/mol. The Morgan fingerprint density at radius 1 is 1.00 bits per heavy atom. The summed E-state index contributed by atoms with van der Waals surface area (Å²) in [5, 5.41) is 0. The van der Waals surface area contributed by atoms with E-state index < -0.39 is 5.60 Å². The van der Waals surface area contributed by atoms with Crippen LogP contribution in [0.1, 0.15) is 32.8 Å². The summed E-state index contributed by atoms with van der Waals surface area (Å²) < 4.78 is 11.4. The van der Waals surface area contributed by atoms with Gasteiger partial charge in [0.2, 0.25) is 0 Å². The number of anilines is 1. The summed E-state index contributed by atoms with van der Waals surface area (Å²) in [6.45, 7) is 7.88. The average molecular weight is 380 g/mol. The van der Waals surface area contributed by atoms with Gasteiger partial charge >= 0.3 is 6.09 Å². The Morgan fingerprint density at radius 2 is 1.71 bits per heavy atom. The molecule has 2 atom stereocenters. The van der Waals surface area contributed by atoms with E-state index in [0.29, 0.717) is 12.6 Å². The number of amides is 1. The highest BCUT2D eigenvalue weighted by atomic mass is 16.6. The van der Waals surface area contributed by atoms with E-state index in [9.17, 15) is 4.79 Å². The molecule has 0 radical (unpaired) electrons. The predicted molar refractivity (Wildman–Crippen MR) is 110 cm³/mol. The van der Waals surface area contributed by atoms with E-state index >= 15 is 0 Å². The Morgan fingerprint density at radius 3 is 2.32 bits per heavy atom. The normalized spacial score (nSPS) is 21.1. The van der Waals surface area contributed by atoms with Gasteiger partial charge in [-0.3, -0.25) is 0 Å². The van der Waals surface area contributed by atoms with Crippen LogP contribution in [0, 0.1) is 0 Å². The molecule has 4 rings (SSSR count). The van der Waals surface area contributed by atoms with E-state index in [2.05, 4.69) is 29.2 Å². The van der Waals surface area contributed by atoms with E-state index in [-0.39, 0.29) is 12.1 Å². The second kappa shape index (κ2) is 7.38. The lowest BCUT2D eigenvalue weighted by Gasteiger charge is -2.36. The van der Waals surface area contributed by atoms with Crippen molar-refractivity contribution in [1.29, 1.82) is 0 Å². The van der Waals surface area contributed by atoms with Crippen LogP contribution in [-0.4, -0.2) is 41.8 Å². The van der Waals surface area contributed by atoms with Crippen LogP contribution in [-0.2, 0) is 11.3 Å². The zero-order valence-electron chi connectivity index (χ0n) is 16.8. The largest absolute Gasteiger partial charge is 0.489 e. The highest BCUT2D eigenvalue weighted by molar-refractivity contribution is 5.70. The molecule has 28 heavy (non-hydrogen) atoms. The summed E-state index contributed by atoms with van der Waals surface area (Å²) in [5.74, 6) is 0.868. The smallest absolute Gasteiger partial charge is 0.410 e. The SMILES string of the molecule is CC(C)(C)OC(=O)N1C[C@@H]2C[C@H]1CN2c1ccc(OCc2ccccc2)cc1. The third kappa shape index (κ3) is 4.08. The topological polar surface area (TPSA) is 42.0 Å². The number of likely N-dealkylation sites (tertiary alicyclic amines) is 1. The van der Waals surface area contributed by atoms with E-state index in [0.717, 1.165) is 30.8 Å². The molecule has 0 N–H and O–H groups in total. The number of ether oxygens (including phenoxy) is 2. The maximum atomic E-state index is 12.4. The first-order valence-electron chi connectivity index (χ1n) is 9.92. The molecule has 2 saturated heterocycles. The molecule has 1 amide bonds. The highest BCUT2D eigenvalue weighted by Crippen LogP contribution is 2.36. The quantitative estimate of drug-likeness (QED) is 0.785. The lowest BCUT2D eigenvalue weighted by molar-refractivity contribution is 0.0215. The first-order chi connectivity index (χ1) is 13.4. The first kappa shape index (κ1) is 18.7. The highest BCUT2D eigenvalue weighted by Gasteiger charge is 2.46. The van der Waals surface area contributed by atoms with Gasteiger partial charge < -0.3 is 19.3 Å². The van der Waals surface area contributed by atoms with Gasteiger partial charge in [0.05, 0.1) is 6.04 Å². The molecule has 2 aromatic rings. The Bertz CT molecular complexity index is 814. The van der Waals surface area contributed by atoms with Gasteiger partial charge in [-0.05, 0) is 57.0 Å². The summed E-state index contributed by atoms with van der Waals surface area (Å²) in [6.07, 6.45) is 0.815. The molecule has 2 aromatic carbocycles. The number of nitrogens with zero attached hydrogens (tertiary/aromatic N) is 2. The molecule has 0 saturated carbocycles. The van der Waals surface area contributed by atoms with Crippen LogP contribution >= 0.6 is 0 Å². The van der Waals surface area contributed by atoms with Crippen LogP contribution in [0.25, 0.3) is 0 Å². The van der Waals surface area contributed by atoms with Gasteiger partial charge in [-0.25, -0.2) is 4.79 Å². The van der Waals surface area contributed by atoms with Crippen molar-refractivity contribution >= 4 is 11.8 Å². The Balaban J connectivity index is 1.33. The fourth-order valence-corrected chi connectivity index (χ4v) is 4.00. The molecule has 5 heteroatoms. The van der Waals surface area contributed by atoms with Gasteiger partial charge in [-0.2, -0.15) is 0 Å². The summed E-state index contributed by atoms with van der Waals surface area (Å²) in [5.41, 5.74) is 1.89. The number of carbonyl (C=O) groups is 1. The Kier molecular flexibility index (Phi) is 4.92. The fourth-order valence-electron chi connectivity index (χ4n) is 4.00. The molecule has 0 aliphatic carbocycles. The second-order valence-corrected chi connectivity index (χ2v) is 8.60. The van der Waals surface area contributed by atoms with E-state index in [1.165, 1.54) is 5.69 Å². The third-order valence-electron chi connectivity index (χ3n) is 5.29. The average Bonchev–Trinajstić information content (AvgIpc) is 3.27. The number of piperazine rings is 1. The van der Waals surface area contributed by atoms with E-state index in [1.807, 2.05) is 56.0 Å². The van der Waals surface area contributed by atoms with Crippen LogP contribution in [0.4, 0.5) is 10.5 Å². The van der Waals surface area contributed by atoms with Crippen molar-refractivity contribution in [1.82, 2.24) is 4.90 Å². The number of hydrogen-bond acceptors (Lipinski definition) is 4. The zero-order valence-corrected chi connectivity index (χ0v) is 16.8. The molecule has 2 bridgehead atoms. The molecule has 2 aliphatic heterocycles. The van der Waals surface area contributed by atoms with Gasteiger partial charge in [0.1, 0.15) is 18.0 Å². The molecule has 5 nitrogen and oxygen atoms in total. The van der Waals surface area contributed by atoms with Crippen molar-refractivity contribution in [3.05, 3.63) is 60.2 Å². The summed E-state index contributed by atoms with van der Waals surface area (Å²) >= 11 is 0. The first-order valence-corrected chi connectivity index (χ1v) is 9.92. The lowest BCUT2D eigenvalue weighted by Crippen LogP contribution is -2.50. The van der Waals surface area contributed by atoms with Crippen LogP contribution in [0.2, 0.25) is 0 Å². The van der Waals surface area contributed by atoms with Crippen molar-refractivity contribution in [3.63, 3.8) is 0 Å². The lowest BCUT2D eigenvalue weighted by atomic mass is 10.2. The maximum absolute atomic E-state index is 12.4. The number of fused-ring (bicyclic) bond motifs is 2. The monoisotopic (exact) mass is 380 g/mol. The van der Waals surface area contributed by atoms with Crippen LogP contribution < -0.4 is 9.64 Å². The molecule has 0 unspecified atom stereocenters. The molecule has 2 heterocycles. The number of hydrogen-bond donors (Lipinski definition) is 0. The molecule has 2 aliphatic rings. The molecule has 148 valence electrons. The van der Waals surface area contributed by atoms with E-state index in [4.69, 9.17) is 9.47 Å². The minimum atomic E-state index is -0.450. The number of benzene rings is 2. The molecule has 0 spiro atoms. The van der Waals surface area contributed by atoms with Gasteiger partial charge in [0, 0.05) is 24.8 Å². The maximum Gasteiger partial charge on any atom is 0.410 e. The van der Waals surface area contributed by atoms with Crippen molar-refractivity contribution in [3.8, 4) is 5.75 Å². The summed E-state index contributed by atoms with van der Waals surface area (Å²) in [7, 11) is 0. The van der Waals surface area contributed by atoms with Crippen LogP contribution in [0.5, 0.6) is 5.75 Å². The van der Waals surface area contributed by atoms with Crippen molar-refractivity contribution in [2.45, 2.75) is 51.5 Å². The van der Waals surface area contributed by atoms with Gasteiger partial charge in [-0.15, -0.1) is 0 Å². The molecule has 2 fully saturated rings. The van der Waals surface area contributed by atoms with Gasteiger partial charge in [0.25, 0.3) is 0 Å². The van der Waals surface area contributed by atoms with E-state index in [1.54, 1.807) is 0 Å². The minimum Gasteiger partial charge on any atom is -0.489 e. The minimum absolute atomic E-state index is 0.190. The third-order valence-corrected chi connectivity index (χ3v) is 5.29.